The Morgan fingerprint density at radius 3 is 2.36 bits per heavy atom. The second-order valence-corrected chi connectivity index (χ2v) is 3.33. The summed E-state index contributed by atoms with van der Waals surface area (Å²) >= 11 is 0. The Balaban J connectivity index is 3.57. The quantitative estimate of drug-likeness (QED) is 0.618. The van der Waals surface area contributed by atoms with Gasteiger partial charge in [-0.25, -0.2) is 0 Å². The van der Waals surface area contributed by atoms with Gasteiger partial charge in [-0.05, 0) is 19.5 Å². The lowest BCUT2D eigenvalue weighted by molar-refractivity contribution is -0.122. The number of hydrogen-bond acceptors (Lipinski definition) is 3. The van der Waals surface area contributed by atoms with Gasteiger partial charge in [-0.3, -0.25) is 4.79 Å². The molecule has 1 atom stereocenters. The fourth-order valence-electron chi connectivity index (χ4n) is 1.19. The van der Waals surface area contributed by atoms with E-state index in [1.165, 1.54) is 0 Å². The zero-order chi connectivity index (χ0) is 11.0. The third-order valence-corrected chi connectivity index (χ3v) is 2.40. The SMILES string of the molecule is CCC(N)C(=O)NCCN(CC)CC. The molecule has 0 fully saturated rings. The number of nitrogens with two attached hydrogens (primary N) is 1. The molecule has 84 valence electrons. The molecule has 3 N–H and O–H groups in total. The minimum atomic E-state index is -0.355. The van der Waals surface area contributed by atoms with Crippen LogP contribution in [0.5, 0.6) is 0 Å². The Hall–Kier alpha value is -0.610. The van der Waals surface area contributed by atoms with E-state index >= 15 is 0 Å². The Bertz CT molecular complexity index is 157. The van der Waals surface area contributed by atoms with E-state index in [4.69, 9.17) is 5.73 Å². The lowest BCUT2D eigenvalue weighted by Crippen LogP contribution is -2.43. The number of carbonyl (C=O) groups excluding carboxylic acids is 1. The molecule has 0 aromatic rings. The lowest BCUT2D eigenvalue weighted by atomic mass is 10.2. The van der Waals surface area contributed by atoms with E-state index in [0.717, 1.165) is 19.6 Å². The number of amides is 1. The van der Waals surface area contributed by atoms with Crippen LogP contribution < -0.4 is 11.1 Å². The summed E-state index contributed by atoms with van der Waals surface area (Å²) in [6.07, 6.45) is 0.692. The number of carbonyl (C=O) groups is 1. The molecule has 0 heterocycles. The van der Waals surface area contributed by atoms with Crippen LogP contribution >= 0.6 is 0 Å². The lowest BCUT2D eigenvalue weighted by Gasteiger charge is -2.18. The summed E-state index contributed by atoms with van der Waals surface area (Å²) in [6, 6.07) is -0.355. The molecule has 4 heteroatoms. The fraction of sp³-hybridized carbons (Fsp3) is 0.900. The maximum Gasteiger partial charge on any atom is 0.236 e. The number of hydrogen-bond donors (Lipinski definition) is 2. The van der Waals surface area contributed by atoms with Crippen LogP contribution in [-0.2, 0) is 4.79 Å². The van der Waals surface area contributed by atoms with Crippen molar-refractivity contribution < 1.29 is 4.79 Å². The molecular formula is C10H23N3O. The summed E-state index contributed by atoms with van der Waals surface area (Å²) in [5.74, 6) is -0.0420. The molecule has 0 aliphatic carbocycles. The van der Waals surface area contributed by atoms with Crippen molar-refractivity contribution in [3.8, 4) is 0 Å². The average Bonchev–Trinajstić information content (AvgIpc) is 2.22. The molecule has 0 spiro atoms. The summed E-state index contributed by atoms with van der Waals surface area (Å²) in [5.41, 5.74) is 5.57. The molecule has 0 aromatic carbocycles. The molecule has 1 amide bonds. The Morgan fingerprint density at radius 1 is 1.36 bits per heavy atom. The molecule has 0 aliphatic rings. The van der Waals surface area contributed by atoms with Crippen molar-refractivity contribution in [1.82, 2.24) is 10.2 Å². The summed E-state index contributed by atoms with van der Waals surface area (Å²) in [6.45, 7) is 9.77. The Labute approximate surface area is 86.8 Å². The summed E-state index contributed by atoms with van der Waals surface area (Å²) in [4.78, 5) is 13.5. The predicted molar refractivity (Wildman–Crippen MR) is 59.1 cm³/mol. The van der Waals surface area contributed by atoms with Gasteiger partial charge in [-0.1, -0.05) is 20.8 Å². The second kappa shape index (κ2) is 7.76. The first-order chi connectivity index (χ1) is 6.65. The van der Waals surface area contributed by atoms with Gasteiger partial charge in [0.1, 0.15) is 0 Å². The number of nitrogens with zero attached hydrogens (tertiary/aromatic N) is 1. The highest BCUT2D eigenvalue weighted by Gasteiger charge is 2.09. The van der Waals surface area contributed by atoms with Crippen molar-refractivity contribution in [2.24, 2.45) is 5.73 Å². The smallest absolute Gasteiger partial charge is 0.236 e. The largest absolute Gasteiger partial charge is 0.353 e. The first-order valence-electron chi connectivity index (χ1n) is 5.41. The first-order valence-corrected chi connectivity index (χ1v) is 5.41. The van der Waals surface area contributed by atoms with Gasteiger partial charge in [0, 0.05) is 13.1 Å². The van der Waals surface area contributed by atoms with E-state index in [1.807, 2.05) is 6.92 Å². The van der Waals surface area contributed by atoms with Gasteiger partial charge in [-0.2, -0.15) is 0 Å². The molecule has 0 radical (unpaired) electrons. The zero-order valence-corrected chi connectivity index (χ0v) is 9.55. The van der Waals surface area contributed by atoms with Crippen LogP contribution in [-0.4, -0.2) is 43.0 Å². The van der Waals surface area contributed by atoms with Crippen LogP contribution in [0, 0.1) is 0 Å². The van der Waals surface area contributed by atoms with Crippen molar-refractivity contribution in [3.05, 3.63) is 0 Å². The van der Waals surface area contributed by atoms with E-state index in [1.54, 1.807) is 0 Å². The van der Waals surface area contributed by atoms with Crippen LogP contribution in [0.4, 0.5) is 0 Å². The molecule has 0 saturated carbocycles. The summed E-state index contributed by atoms with van der Waals surface area (Å²) < 4.78 is 0. The molecular weight excluding hydrogens is 178 g/mol. The van der Waals surface area contributed by atoms with Gasteiger partial charge in [0.15, 0.2) is 0 Å². The minimum Gasteiger partial charge on any atom is -0.353 e. The van der Waals surface area contributed by atoms with E-state index in [0.29, 0.717) is 13.0 Å². The fourth-order valence-corrected chi connectivity index (χ4v) is 1.19. The number of nitrogens with one attached hydrogen (secondary N) is 1. The van der Waals surface area contributed by atoms with Gasteiger partial charge < -0.3 is 16.0 Å². The Kier molecular flexibility index (Phi) is 7.42. The van der Waals surface area contributed by atoms with Crippen LogP contribution in [0.25, 0.3) is 0 Å². The first kappa shape index (κ1) is 13.4. The normalized spacial score (nSPS) is 12.9. The monoisotopic (exact) mass is 201 g/mol. The maximum absolute atomic E-state index is 11.3. The Morgan fingerprint density at radius 2 is 1.93 bits per heavy atom. The molecule has 0 aromatic heterocycles. The van der Waals surface area contributed by atoms with Crippen molar-refractivity contribution >= 4 is 5.91 Å². The minimum absolute atomic E-state index is 0.0420. The van der Waals surface area contributed by atoms with E-state index in [9.17, 15) is 4.79 Å². The van der Waals surface area contributed by atoms with Gasteiger partial charge in [0.2, 0.25) is 5.91 Å². The third-order valence-electron chi connectivity index (χ3n) is 2.40. The molecule has 1 unspecified atom stereocenters. The van der Waals surface area contributed by atoms with E-state index in [-0.39, 0.29) is 11.9 Å². The van der Waals surface area contributed by atoms with Crippen molar-refractivity contribution in [3.63, 3.8) is 0 Å². The van der Waals surface area contributed by atoms with Gasteiger partial charge >= 0.3 is 0 Å². The van der Waals surface area contributed by atoms with E-state index < -0.39 is 0 Å². The molecule has 0 aliphatic heterocycles. The van der Waals surface area contributed by atoms with Crippen LogP contribution in [0.3, 0.4) is 0 Å². The van der Waals surface area contributed by atoms with Gasteiger partial charge in [0.25, 0.3) is 0 Å². The molecule has 4 nitrogen and oxygen atoms in total. The standard InChI is InChI=1S/C10H23N3O/c1-4-9(11)10(14)12-7-8-13(5-2)6-3/h9H,4-8,11H2,1-3H3,(H,12,14). The van der Waals surface area contributed by atoms with Crippen LogP contribution in [0.2, 0.25) is 0 Å². The topological polar surface area (TPSA) is 58.4 Å². The highest BCUT2D eigenvalue weighted by molar-refractivity contribution is 5.81. The third kappa shape index (κ3) is 5.19. The van der Waals surface area contributed by atoms with Crippen molar-refractivity contribution in [2.75, 3.05) is 26.2 Å². The highest BCUT2D eigenvalue weighted by atomic mass is 16.2. The van der Waals surface area contributed by atoms with Gasteiger partial charge in [0.05, 0.1) is 6.04 Å². The molecule has 14 heavy (non-hydrogen) atoms. The summed E-state index contributed by atoms with van der Waals surface area (Å²) in [5, 5.41) is 2.83. The highest BCUT2D eigenvalue weighted by Crippen LogP contribution is 1.87. The van der Waals surface area contributed by atoms with Crippen LogP contribution in [0.1, 0.15) is 27.2 Å². The maximum atomic E-state index is 11.3. The van der Waals surface area contributed by atoms with Crippen LogP contribution in [0.15, 0.2) is 0 Å². The zero-order valence-electron chi connectivity index (χ0n) is 9.55. The number of rotatable bonds is 7. The molecule has 0 bridgehead atoms. The molecule has 0 rings (SSSR count). The molecule has 0 saturated heterocycles. The van der Waals surface area contributed by atoms with Gasteiger partial charge in [-0.15, -0.1) is 0 Å². The predicted octanol–water partition coefficient (Wildman–Crippen LogP) is 0.182. The number of likely N-dealkylation sites (N-methyl/N-ethyl adjacent to an activating group) is 1. The summed E-state index contributed by atoms with van der Waals surface area (Å²) in [7, 11) is 0. The average molecular weight is 201 g/mol. The van der Waals surface area contributed by atoms with Crippen molar-refractivity contribution in [2.45, 2.75) is 33.2 Å². The van der Waals surface area contributed by atoms with E-state index in [2.05, 4.69) is 24.1 Å². The van der Waals surface area contributed by atoms with Crippen molar-refractivity contribution in [1.29, 1.82) is 0 Å². The second-order valence-electron chi connectivity index (χ2n) is 3.33.